The molecule has 30 heavy (non-hydrogen) atoms. The molecule has 0 saturated heterocycles. The molecule has 4 rings (SSSR count). The smallest absolute Gasteiger partial charge is 0.225 e. The molecule has 7 nitrogen and oxygen atoms in total. The number of anilines is 1. The van der Waals surface area contributed by atoms with Gasteiger partial charge in [-0.25, -0.2) is 4.98 Å². The third-order valence-electron chi connectivity index (χ3n) is 5.32. The summed E-state index contributed by atoms with van der Waals surface area (Å²) in [7, 11) is 0. The van der Waals surface area contributed by atoms with Crippen LogP contribution in [0.5, 0.6) is 0 Å². The van der Waals surface area contributed by atoms with Gasteiger partial charge in [-0.15, -0.1) is 0 Å². The van der Waals surface area contributed by atoms with Crippen LogP contribution in [0.4, 0.5) is 5.69 Å². The number of carbonyl (C=O) groups is 1. The average Bonchev–Trinajstić information content (AvgIpc) is 3.17. The van der Waals surface area contributed by atoms with Gasteiger partial charge < -0.3 is 20.5 Å². The number of fused-ring (bicyclic) bond motifs is 2. The lowest BCUT2D eigenvalue weighted by Gasteiger charge is -2.24. The Morgan fingerprint density at radius 2 is 2.03 bits per heavy atom. The lowest BCUT2D eigenvalue weighted by Crippen LogP contribution is -2.38. The van der Waals surface area contributed by atoms with E-state index in [2.05, 4.69) is 44.6 Å². The van der Waals surface area contributed by atoms with Crippen LogP contribution < -0.4 is 16.0 Å². The van der Waals surface area contributed by atoms with Crippen molar-refractivity contribution in [2.24, 2.45) is 4.99 Å². The Morgan fingerprint density at radius 1 is 1.20 bits per heavy atom. The van der Waals surface area contributed by atoms with Gasteiger partial charge in [0.25, 0.3) is 0 Å². The van der Waals surface area contributed by atoms with Gasteiger partial charge in [0.05, 0.1) is 23.9 Å². The standard InChI is InChI=1S/C23H28N6O/c1-2-24-23(25-12-7-13-29-16-27-20-10-5-6-11-21(20)29)26-15-17-14-22(30)28-19-9-4-3-8-18(17)19/h3-6,8-11,16-17H,2,7,12-15H2,1H3,(H,28,30)(H2,24,25,26). The molecule has 3 aromatic rings. The number of nitrogens with one attached hydrogen (secondary N) is 3. The molecule has 3 N–H and O–H groups in total. The van der Waals surface area contributed by atoms with Gasteiger partial charge in [-0.2, -0.15) is 0 Å². The van der Waals surface area contributed by atoms with Crippen molar-refractivity contribution >= 4 is 28.6 Å². The fourth-order valence-electron chi connectivity index (χ4n) is 3.85. The minimum atomic E-state index is 0.0550. The molecule has 1 aliphatic heterocycles. The van der Waals surface area contributed by atoms with Crippen LogP contribution in [0, 0.1) is 0 Å². The normalized spacial score (nSPS) is 16.2. The molecular weight excluding hydrogens is 376 g/mol. The highest BCUT2D eigenvalue weighted by Crippen LogP contribution is 2.31. The van der Waals surface area contributed by atoms with Crippen molar-refractivity contribution in [1.82, 2.24) is 20.2 Å². The highest BCUT2D eigenvalue weighted by atomic mass is 16.1. The maximum Gasteiger partial charge on any atom is 0.225 e. The number of aryl methyl sites for hydroxylation is 1. The number of guanidine groups is 1. The van der Waals surface area contributed by atoms with Gasteiger partial charge in [-0.05, 0) is 37.1 Å². The molecule has 1 aliphatic rings. The van der Waals surface area contributed by atoms with Crippen LogP contribution in [-0.2, 0) is 11.3 Å². The van der Waals surface area contributed by atoms with E-state index in [0.29, 0.717) is 13.0 Å². The van der Waals surface area contributed by atoms with E-state index in [4.69, 9.17) is 4.99 Å². The number of aromatic nitrogens is 2. The zero-order chi connectivity index (χ0) is 20.8. The van der Waals surface area contributed by atoms with Gasteiger partial charge in [0.15, 0.2) is 5.96 Å². The van der Waals surface area contributed by atoms with Gasteiger partial charge in [-0.3, -0.25) is 9.79 Å². The number of rotatable bonds is 7. The van der Waals surface area contributed by atoms with E-state index < -0.39 is 0 Å². The zero-order valence-electron chi connectivity index (χ0n) is 17.3. The number of benzene rings is 2. The van der Waals surface area contributed by atoms with Crippen LogP contribution in [0.25, 0.3) is 11.0 Å². The minimum Gasteiger partial charge on any atom is -0.357 e. The SMILES string of the molecule is CCNC(=NCC1CC(=O)Nc2ccccc21)NCCCn1cnc2ccccc21. The molecule has 1 amide bonds. The Morgan fingerprint density at radius 3 is 2.93 bits per heavy atom. The van der Waals surface area contributed by atoms with E-state index >= 15 is 0 Å². The molecule has 0 bridgehead atoms. The topological polar surface area (TPSA) is 83.3 Å². The maximum atomic E-state index is 12.0. The van der Waals surface area contributed by atoms with Crippen molar-refractivity contribution in [3.05, 3.63) is 60.4 Å². The molecule has 1 aromatic heterocycles. The predicted octanol–water partition coefficient (Wildman–Crippen LogP) is 3.11. The number of nitrogens with zero attached hydrogens (tertiary/aromatic N) is 3. The summed E-state index contributed by atoms with van der Waals surface area (Å²) < 4.78 is 2.18. The molecule has 0 spiro atoms. The van der Waals surface area contributed by atoms with Crippen LogP contribution in [-0.4, -0.2) is 41.1 Å². The first kappa shape index (κ1) is 19.9. The van der Waals surface area contributed by atoms with Gasteiger partial charge in [0.2, 0.25) is 5.91 Å². The number of amides is 1. The van der Waals surface area contributed by atoms with Crippen LogP contribution in [0.15, 0.2) is 59.9 Å². The van der Waals surface area contributed by atoms with Crippen molar-refractivity contribution < 1.29 is 4.79 Å². The van der Waals surface area contributed by atoms with Crippen molar-refractivity contribution in [3.63, 3.8) is 0 Å². The predicted molar refractivity (Wildman–Crippen MR) is 121 cm³/mol. The van der Waals surface area contributed by atoms with E-state index in [0.717, 1.165) is 54.3 Å². The Bertz CT molecular complexity index is 1040. The summed E-state index contributed by atoms with van der Waals surface area (Å²) in [6.07, 6.45) is 3.32. The maximum absolute atomic E-state index is 12.0. The second kappa shape index (κ2) is 9.43. The highest BCUT2D eigenvalue weighted by Gasteiger charge is 2.24. The monoisotopic (exact) mass is 404 g/mol. The largest absolute Gasteiger partial charge is 0.357 e. The van der Waals surface area contributed by atoms with Gasteiger partial charge in [0, 0.05) is 37.7 Å². The summed E-state index contributed by atoms with van der Waals surface area (Å²) in [5.74, 6) is 0.943. The lowest BCUT2D eigenvalue weighted by atomic mass is 9.91. The van der Waals surface area contributed by atoms with Crippen molar-refractivity contribution in [2.45, 2.75) is 32.2 Å². The molecule has 156 valence electrons. The Balaban J connectivity index is 1.33. The zero-order valence-corrected chi connectivity index (χ0v) is 17.3. The number of carbonyl (C=O) groups excluding carboxylic acids is 1. The summed E-state index contributed by atoms with van der Waals surface area (Å²) in [4.78, 5) is 21.2. The highest BCUT2D eigenvalue weighted by molar-refractivity contribution is 5.94. The molecule has 7 heteroatoms. The number of para-hydroxylation sites is 3. The molecule has 2 aromatic carbocycles. The first-order valence-corrected chi connectivity index (χ1v) is 10.6. The lowest BCUT2D eigenvalue weighted by molar-refractivity contribution is -0.116. The van der Waals surface area contributed by atoms with E-state index in [-0.39, 0.29) is 11.8 Å². The molecular formula is C23H28N6O. The Kier molecular flexibility index (Phi) is 6.27. The van der Waals surface area contributed by atoms with E-state index in [9.17, 15) is 4.79 Å². The Labute approximate surface area is 176 Å². The quantitative estimate of drug-likeness (QED) is 0.321. The summed E-state index contributed by atoms with van der Waals surface area (Å²) in [5, 5.41) is 9.65. The first-order valence-electron chi connectivity index (χ1n) is 10.6. The molecule has 0 saturated carbocycles. The summed E-state index contributed by atoms with van der Waals surface area (Å²) in [6, 6.07) is 16.2. The van der Waals surface area contributed by atoms with Crippen LogP contribution >= 0.6 is 0 Å². The number of aliphatic imine (C=N–C) groups is 1. The summed E-state index contributed by atoms with van der Waals surface area (Å²) in [5.41, 5.74) is 4.24. The molecule has 0 radical (unpaired) electrons. The van der Waals surface area contributed by atoms with Crippen molar-refractivity contribution in [3.8, 4) is 0 Å². The van der Waals surface area contributed by atoms with Crippen LogP contribution in [0.1, 0.15) is 31.2 Å². The fraction of sp³-hybridized carbons (Fsp3) is 0.348. The molecule has 2 heterocycles. The van der Waals surface area contributed by atoms with Crippen LogP contribution in [0.2, 0.25) is 0 Å². The average molecular weight is 405 g/mol. The van der Waals surface area contributed by atoms with Crippen LogP contribution in [0.3, 0.4) is 0 Å². The van der Waals surface area contributed by atoms with Crippen molar-refractivity contribution in [1.29, 1.82) is 0 Å². The van der Waals surface area contributed by atoms with E-state index in [1.165, 1.54) is 0 Å². The first-order chi connectivity index (χ1) is 14.7. The molecule has 0 fully saturated rings. The second-order valence-electron chi connectivity index (χ2n) is 7.46. The van der Waals surface area contributed by atoms with Gasteiger partial charge in [-0.1, -0.05) is 30.3 Å². The third kappa shape index (κ3) is 4.62. The van der Waals surface area contributed by atoms with E-state index in [1.807, 2.05) is 42.7 Å². The Hall–Kier alpha value is -3.35. The van der Waals surface area contributed by atoms with Gasteiger partial charge in [0.1, 0.15) is 0 Å². The fourth-order valence-corrected chi connectivity index (χ4v) is 3.85. The number of hydrogen-bond acceptors (Lipinski definition) is 3. The summed E-state index contributed by atoms with van der Waals surface area (Å²) in [6.45, 7) is 5.12. The second-order valence-corrected chi connectivity index (χ2v) is 7.46. The number of imidazole rings is 1. The summed E-state index contributed by atoms with van der Waals surface area (Å²) >= 11 is 0. The minimum absolute atomic E-state index is 0.0550. The van der Waals surface area contributed by atoms with Crippen molar-refractivity contribution in [2.75, 3.05) is 25.0 Å². The molecule has 1 unspecified atom stereocenters. The molecule has 1 atom stereocenters. The van der Waals surface area contributed by atoms with E-state index in [1.54, 1.807) is 0 Å². The molecule has 0 aliphatic carbocycles. The van der Waals surface area contributed by atoms with Gasteiger partial charge >= 0.3 is 0 Å². The third-order valence-corrected chi connectivity index (χ3v) is 5.32. The number of hydrogen-bond donors (Lipinski definition) is 3.